The zero-order chi connectivity index (χ0) is 62.2. The van der Waals surface area contributed by atoms with E-state index in [4.69, 9.17) is 38.2 Å². The molecule has 0 aromatic heterocycles. The summed E-state index contributed by atoms with van der Waals surface area (Å²) in [5.41, 5.74) is 3.10. The fourth-order valence-corrected chi connectivity index (χ4v) is 3.96. The van der Waals surface area contributed by atoms with Gasteiger partial charge in [-0.05, 0) is 62.3 Å². The van der Waals surface area contributed by atoms with Crippen LogP contribution in [0.5, 0.6) is 0 Å². The average Bonchev–Trinajstić information content (AvgIpc) is 3.39. The number of carbonyl (C=O) groups is 10. The zero-order valence-corrected chi connectivity index (χ0v) is 52.5. The van der Waals surface area contributed by atoms with Crippen molar-refractivity contribution in [3.8, 4) is 0 Å². The van der Waals surface area contributed by atoms with Gasteiger partial charge in [0.2, 0.25) is 0 Å². The van der Waals surface area contributed by atoms with Gasteiger partial charge in [-0.3, -0.25) is 43.2 Å². The van der Waals surface area contributed by atoms with E-state index in [9.17, 15) is 43.2 Å². The van der Waals surface area contributed by atoms with Crippen molar-refractivity contribution in [2.24, 2.45) is 0 Å². The number of ether oxygens (including phenoxy) is 2. The van der Waals surface area contributed by atoms with Gasteiger partial charge in [-0.25, -0.2) is 0 Å². The molecular weight excluding hydrogens is 1090 g/mol. The Hall–Kier alpha value is -6.64. The molecule has 0 aliphatic carbocycles. The smallest absolute Gasteiger partial charge is 1.00 e. The van der Waals surface area contributed by atoms with Crippen LogP contribution in [0.3, 0.4) is 0 Å². The fraction of sp³-hybridized carbons (Fsp3) is 0.322. The van der Waals surface area contributed by atoms with E-state index < -0.39 is 25.2 Å². The van der Waals surface area contributed by atoms with Gasteiger partial charge in [-0.2, -0.15) is 0 Å². The van der Waals surface area contributed by atoms with Crippen LogP contribution in [0.15, 0.2) is 158 Å². The van der Waals surface area contributed by atoms with Crippen LogP contribution in [0.25, 0.3) is 0 Å². The third-order valence-corrected chi connectivity index (χ3v) is 6.87. The standard InChI is InChI=1S/4C8H8O.C6H9BO6.C6H6.2C4H8O2.2C2H6O.C2H4O.CH2Cl2.Na.H/c4*1-7(9)8-5-3-2-4-6-8;1-4(8)11-7(12-5(2)9)13-6(3)10;1-2-4-6-5-3-1;2*1-3-6-4(2)5;3*1-2-3;2-1-3;;/h4*2-6H,1H3;1-3H3;1-6H;2*3H2,1-2H3;2*3H,2H2,1H3;2H,1H3;1H2;;/q;;;;;;;;;;;;+1;-1. The van der Waals surface area contributed by atoms with Crippen LogP contribution in [-0.4, -0.2) is 109 Å². The zero-order valence-electron chi connectivity index (χ0n) is 50.0. The van der Waals surface area contributed by atoms with Gasteiger partial charge < -0.3 is 39.9 Å². The van der Waals surface area contributed by atoms with Gasteiger partial charge in [0.25, 0.3) is 17.9 Å². The van der Waals surface area contributed by atoms with Gasteiger partial charge in [-0.1, -0.05) is 158 Å². The van der Waals surface area contributed by atoms with Gasteiger partial charge in [0, 0.05) is 70.1 Å². The molecule has 0 unspecified atom stereocenters. The number of carbonyl (C=O) groups excluding carboxylic acids is 10. The van der Waals surface area contributed by atoms with Gasteiger partial charge in [0.05, 0.1) is 18.6 Å². The molecule has 0 bridgehead atoms. The third kappa shape index (κ3) is 82.7. The predicted molar refractivity (Wildman–Crippen MR) is 313 cm³/mol. The van der Waals surface area contributed by atoms with Crippen LogP contribution in [0.2, 0.25) is 0 Å². The first kappa shape index (κ1) is 89.9. The molecule has 0 aliphatic rings. The number of halogens is 2. The molecule has 17 nitrogen and oxygen atoms in total. The topological polar surface area (TPSA) is 257 Å². The van der Waals surface area contributed by atoms with Gasteiger partial charge in [-0.15, -0.1) is 23.2 Å². The minimum Gasteiger partial charge on any atom is -1.00 e. The van der Waals surface area contributed by atoms with E-state index in [2.05, 4.69) is 23.4 Å². The third-order valence-electron chi connectivity index (χ3n) is 6.87. The summed E-state index contributed by atoms with van der Waals surface area (Å²) in [6.45, 7) is 22.2. The molecule has 0 saturated heterocycles. The summed E-state index contributed by atoms with van der Waals surface area (Å²) in [5, 5.41) is 15.3. The molecule has 0 radical (unpaired) electrons. The molecule has 21 heteroatoms. The van der Waals surface area contributed by atoms with E-state index in [0.29, 0.717) is 13.2 Å². The number of rotatable bonds is 9. The molecule has 5 aromatic carbocycles. The molecule has 438 valence electrons. The van der Waals surface area contributed by atoms with Crippen molar-refractivity contribution in [2.45, 2.75) is 96.9 Å². The summed E-state index contributed by atoms with van der Waals surface area (Å²) in [5.74, 6) is -2.08. The molecule has 0 fully saturated rings. The van der Waals surface area contributed by atoms with Crippen LogP contribution in [0.4, 0.5) is 0 Å². The van der Waals surface area contributed by atoms with Gasteiger partial charge in [0.1, 0.15) is 6.29 Å². The van der Waals surface area contributed by atoms with Gasteiger partial charge >= 0.3 is 48.8 Å². The molecule has 0 spiro atoms. The molecule has 0 heterocycles. The molecule has 0 atom stereocenters. The average molecular weight is 1170 g/mol. The number of esters is 2. The summed E-state index contributed by atoms with van der Waals surface area (Å²) in [6, 6.07) is 48.9. The summed E-state index contributed by atoms with van der Waals surface area (Å²) < 4.78 is 21.8. The van der Waals surface area contributed by atoms with E-state index in [0.717, 1.165) is 49.3 Å². The summed E-state index contributed by atoms with van der Waals surface area (Å²) in [7, 11) is -1.59. The Labute approximate surface area is 508 Å². The number of aliphatic hydroxyl groups excluding tert-OH is 2. The monoisotopic (exact) mass is 1170 g/mol. The number of alkyl halides is 2. The SMILES string of the molecule is CC(=O)OB(OC(C)=O)OC(C)=O.CC(=O)c1ccccc1.CC(=O)c1ccccc1.CC(=O)c1ccccc1.CC(=O)c1ccccc1.CC=O.CCO.CCO.CCOC(C)=O.CCOC(C)=O.ClCCl.[H-].[Na+].c1ccccc1. The van der Waals surface area contributed by atoms with E-state index >= 15 is 0 Å². The molecular formula is C59H82BCl2NaO17. The summed E-state index contributed by atoms with van der Waals surface area (Å²) in [4.78, 5) is 102. The second-order valence-electron chi connectivity index (χ2n) is 13.8. The van der Waals surface area contributed by atoms with Crippen LogP contribution in [-0.2, 0) is 52.2 Å². The number of hydrogen-bond acceptors (Lipinski definition) is 17. The Balaban J connectivity index is -0.000000102. The number of Topliss-reactive ketones (excluding diaryl/α,β-unsaturated/α-hetero) is 4. The first-order chi connectivity index (χ1) is 37.3. The number of ketones is 4. The Morgan fingerprint density at radius 3 is 0.613 bits per heavy atom. The van der Waals surface area contributed by atoms with E-state index in [1.54, 1.807) is 55.4 Å². The molecule has 0 amide bonds. The summed E-state index contributed by atoms with van der Waals surface area (Å²) in [6.07, 6.45) is 0.750. The van der Waals surface area contributed by atoms with Crippen LogP contribution in [0.1, 0.15) is 140 Å². The van der Waals surface area contributed by atoms with Crippen molar-refractivity contribution in [3.05, 3.63) is 180 Å². The van der Waals surface area contributed by atoms with E-state index in [1.165, 1.54) is 20.8 Å². The first-order valence-corrected chi connectivity index (χ1v) is 25.2. The van der Waals surface area contributed by atoms with Crippen LogP contribution >= 0.6 is 23.2 Å². The van der Waals surface area contributed by atoms with Crippen molar-refractivity contribution in [1.82, 2.24) is 0 Å². The van der Waals surface area contributed by atoms with Crippen molar-refractivity contribution in [2.75, 3.05) is 31.8 Å². The maximum atomic E-state index is 10.6. The molecule has 2 N–H and O–H groups in total. The van der Waals surface area contributed by atoms with Gasteiger partial charge in [0.15, 0.2) is 23.1 Å². The number of hydrogen-bond donors (Lipinski definition) is 2. The predicted octanol–water partition coefficient (Wildman–Crippen LogP) is 8.78. The Morgan fingerprint density at radius 1 is 0.400 bits per heavy atom. The van der Waals surface area contributed by atoms with Crippen molar-refractivity contribution >= 4 is 89.8 Å². The molecule has 0 saturated carbocycles. The van der Waals surface area contributed by atoms with Crippen LogP contribution in [0, 0.1) is 0 Å². The maximum absolute atomic E-state index is 10.6. The second-order valence-corrected chi connectivity index (χ2v) is 14.6. The molecule has 5 aromatic rings. The molecule has 80 heavy (non-hydrogen) atoms. The number of aldehydes is 1. The van der Waals surface area contributed by atoms with Crippen molar-refractivity contribution in [3.63, 3.8) is 0 Å². The number of benzene rings is 5. The van der Waals surface area contributed by atoms with Crippen LogP contribution < -0.4 is 29.6 Å². The quantitative estimate of drug-likeness (QED) is 0.0459. The normalized spacial score (nSPS) is 8.03. The fourth-order valence-electron chi connectivity index (χ4n) is 3.96. The minimum atomic E-state index is -1.59. The largest absolute Gasteiger partial charge is 1.00 e. The van der Waals surface area contributed by atoms with Crippen molar-refractivity contribution in [1.29, 1.82) is 0 Å². The Morgan fingerprint density at radius 2 is 0.537 bits per heavy atom. The molecule has 0 aliphatic heterocycles. The Bertz CT molecular complexity index is 1990. The van der Waals surface area contributed by atoms with E-state index in [-0.39, 0.29) is 84.6 Å². The maximum Gasteiger partial charge on any atom is 1.00 e. The minimum absolute atomic E-state index is 0. The van der Waals surface area contributed by atoms with E-state index in [1.807, 2.05) is 158 Å². The number of aliphatic hydroxyl groups is 2. The van der Waals surface area contributed by atoms with Crippen molar-refractivity contribution < 1.29 is 113 Å². The summed E-state index contributed by atoms with van der Waals surface area (Å²) >= 11 is 9.53. The first-order valence-electron chi connectivity index (χ1n) is 24.1. The second kappa shape index (κ2) is 70.4. The molecule has 5 rings (SSSR count). The Kier molecular flexibility index (Phi) is 79.1.